The van der Waals surface area contributed by atoms with Crippen LogP contribution in [0.3, 0.4) is 0 Å². The SMILES string of the molecule is O=C(CN1CCN(c2ccc([N+](=O)[O-])cc2Cl)CC1)Nc1ccc(OC(F)(F)F)cc1. The third-order valence-electron chi connectivity index (χ3n) is 4.59. The maximum Gasteiger partial charge on any atom is 0.573 e. The van der Waals surface area contributed by atoms with Crippen LogP contribution in [0.5, 0.6) is 5.75 Å². The van der Waals surface area contributed by atoms with E-state index in [1.165, 1.54) is 24.3 Å². The van der Waals surface area contributed by atoms with Crippen molar-refractivity contribution in [3.63, 3.8) is 0 Å². The highest BCUT2D eigenvalue weighted by atomic mass is 35.5. The Balaban J connectivity index is 1.48. The Kier molecular flexibility index (Phi) is 6.86. The second-order valence-corrected chi connectivity index (χ2v) is 7.18. The summed E-state index contributed by atoms with van der Waals surface area (Å²) in [6, 6.07) is 9.20. The number of rotatable bonds is 6. The van der Waals surface area contributed by atoms with E-state index in [0.717, 1.165) is 12.1 Å². The van der Waals surface area contributed by atoms with Gasteiger partial charge in [0, 0.05) is 44.0 Å². The van der Waals surface area contributed by atoms with Gasteiger partial charge < -0.3 is 15.0 Å². The second-order valence-electron chi connectivity index (χ2n) is 6.78. The fourth-order valence-electron chi connectivity index (χ4n) is 3.16. The van der Waals surface area contributed by atoms with Crippen molar-refractivity contribution in [2.45, 2.75) is 6.36 Å². The maximum absolute atomic E-state index is 12.2. The van der Waals surface area contributed by atoms with Gasteiger partial charge >= 0.3 is 6.36 Å². The fraction of sp³-hybridized carbons (Fsp3) is 0.316. The van der Waals surface area contributed by atoms with Crippen molar-refractivity contribution in [3.8, 4) is 5.75 Å². The summed E-state index contributed by atoms with van der Waals surface area (Å²) >= 11 is 6.17. The van der Waals surface area contributed by atoms with Gasteiger partial charge in [-0.1, -0.05) is 11.6 Å². The molecular weight excluding hydrogens is 441 g/mol. The number of hydrogen-bond acceptors (Lipinski definition) is 6. The molecule has 2 aromatic rings. The normalized spacial score (nSPS) is 14.9. The number of nitrogens with one attached hydrogen (secondary N) is 1. The number of carbonyl (C=O) groups excluding carboxylic acids is 1. The van der Waals surface area contributed by atoms with E-state index in [2.05, 4.69) is 10.1 Å². The molecule has 1 saturated heterocycles. The first-order chi connectivity index (χ1) is 14.6. The van der Waals surface area contributed by atoms with Crippen molar-refractivity contribution >= 4 is 34.6 Å². The molecule has 3 rings (SSSR count). The van der Waals surface area contributed by atoms with Gasteiger partial charge in [-0.05, 0) is 30.3 Å². The summed E-state index contributed by atoms with van der Waals surface area (Å²) < 4.78 is 40.3. The van der Waals surface area contributed by atoms with Gasteiger partial charge in [-0.3, -0.25) is 19.8 Å². The van der Waals surface area contributed by atoms with Crippen molar-refractivity contribution in [2.75, 3.05) is 42.9 Å². The molecule has 12 heteroatoms. The van der Waals surface area contributed by atoms with Crippen LogP contribution in [-0.2, 0) is 4.79 Å². The van der Waals surface area contributed by atoms with Crippen LogP contribution < -0.4 is 15.0 Å². The van der Waals surface area contributed by atoms with E-state index in [0.29, 0.717) is 42.6 Å². The average Bonchev–Trinajstić information content (AvgIpc) is 2.69. The summed E-state index contributed by atoms with van der Waals surface area (Å²) in [5.74, 6) is -0.669. The summed E-state index contributed by atoms with van der Waals surface area (Å²) in [6.45, 7) is 2.41. The Morgan fingerprint density at radius 3 is 2.32 bits per heavy atom. The van der Waals surface area contributed by atoms with E-state index >= 15 is 0 Å². The Bertz CT molecular complexity index is 948. The number of ether oxygens (including phenoxy) is 1. The number of halogens is 4. The smallest absolute Gasteiger partial charge is 0.406 e. The highest BCUT2D eigenvalue weighted by Gasteiger charge is 2.31. The van der Waals surface area contributed by atoms with Gasteiger partial charge in [0.05, 0.1) is 22.2 Å². The van der Waals surface area contributed by atoms with Crippen LogP contribution in [0.4, 0.5) is 30.2 Å². The minimum Gasteiger partial charge on any atom is -0.406 e. The van der Waals surface area contributed by atoms with E-state index in [9.17, 15) is 28.1 Å². The van der Waals surface area contributed by atoms with Crippen LogP contribution >= 0.6 is 11.6 Å². The van der Waals surface area contributed by atoms with Gasteiger partial charge in [-0.2, -0.15) is 0 Å². The number of carbonyl (C=O) groups is 1. The minimum absolute atomic E-state index is 0.0814. The van der Waals surface area contributed by atoms with Gasteiger partial charge in [0.25, 0.3) is 5.69 Å². The number of piperazine rings is 1. The number of hydrogen-bond donors (Lipinski definition) is 1. The van der Waals surface area contributed by atoms with Gasteiger partial charge in [-0.15, -0.1) is 13.2 Å². The van der Waals surface area contributed by atoms with Crippen LogP contribution in [0, 0.1) is 10.1 Å². The number of anilines is 2. The van der Waals surface area contributed by atoms with Crippen molar-refractivity contribution in [2.24, 2.45) is 0 Å². The van der Waals surface area contributed by atoms with Crippen LogP contribution in [0.15, 0.2) is 42.5 Å². The third kappa shape index (κ3) is 6.46. The fourth-order valence-corrected chi connectivity index (χ4v) is 3.45. The molecule has 0 saturated carbocycles. The number of nitro benzene ring substituents is 1. The van der Waals surface area contributed by atoms with Gasteiger partial charge in [0.1, 0.15) is 5.75 Å². The lowest BCUT2D eigenvalue weighted by atomic mass is 10.2. The molecule has 8 nitrogen and oxygen atoms in total. The molecule has 2 aromatic carbocycles. The molecule has 31 heavy (non-hydrogen) atoms. The first-order valence-electron chi connectivity index (χ1n) is 9.17. The summed E-state index contributed by atoms with van der Waals surface area (Å²) in [4.78, 5) is 26.5. The quantitative estimate of drug-likeness (QED) is 0.521. The standard InChI is InChI=1S/C19H18ClF3N4O4/c20-16-11-14(27(29)30)3-6-17(16)26-9-7-25(8-10-26)12-18(28)24-13-1-4-15(5-2-13)31-19(21,22)23/h1-6,11H,7-10,12H2,(H,24,28). The predicted molar refractivity (Wildman–Crippen MR) is 109 cm³/mol. The van der Waals surface area contributed by atoms with Crippen molar-refractivity contribution in [1.82, 2.24) is 4.90 Å². The monoisotopic (exact) mass is 458 g/mol. The Hall–Kier alpha value is -3.05. The first kappa shape index (κ1) is 22.6. The summed E-state index contributed by atoms with van der Waals surface area (Å²) in [5, 5.41) is 13.7. The summed E-state index contributed by atoms with van der Waals surface area (Å²) in [7, 11) is 0. The zero-order chi connectivity index (χ0) is 22.6. The molecule has 1 heterocycles. The molecule has 0 unspecified atom stereocenters. The number of non-ortho nitro benzene ring substituents is 1. The molecule has 1 fully saturated rings. The third-order valence-corrected chi connectivity index (χ3v) is 4.90. The van der Waals surface area contributed by atoms with Crippen LogP contribution in [0.2, 0.25) is 5.02 Å². The number of benzene rings is 2. The Morgan fingerprint density at radius 2 is 1.77 bits per heavy atom. The molecule has 166 valence electrons. The van der Waals surface area contributed by atoms with Crippen molar-refractivity contribution in [1.29, 1.82) is 0 Å². The van der Waals surface area contributed by atoms with Crippen molar-refractivity contribution in [3.05, 3.63) is 57.6 Å². The predicted octanol–water partition coefficient (Wildman–Crippen LogP) is 3.91. The van der Waals surface area contributed by atoms with Crippen LogP contribution in [0.1, 0.15) is 0 Å². The van der Waals surface area contributed by atoms with Crippen LogP contribution in [-0.4, -0.2) is 54.8 Å². The maximum atomic E-state index is 12.2. The lowest BCUT2D eigenvalue weighted by molar-refractivity contribution is -0.384. The van der Waals surface area contributed by atoms with Crippen LogP contribution in [0.25, 0.3) is 0 Å². The molecule has 1 N–H and O–H groups in total. The molecule has 0 aliphatic carbocycles. The highest BCUT2D eigenvalue weighted by molar-refractivity contribution is 6.33. The van der Waals surface area contributed by atoms with Gasteiger partial charge in [0.15, 0.2) is 0 Å². The first-order valence-corrected chi connectivity index (χ1v) is 9.55. The Morgan fingerprint density at radius 1 is 1.13 bits per heavy atom. The molecule has 1 amide bonds. The zero-order valence-corrected chi connectivity index (χ0v) is 16.8. The van der Waals surface area contributed by atoms with E-state index < -0.39 is 11.3 Å². The number of alkyl halides is 3. The number of amides is 1. The van der Waals surface area contributed by atoms with Crippen molar-refractivity contribution < 1.29 is 27.6 Å². The summed E-state index contributed by atoms with van der Waals surface area (Å²) in [6.07, 6.45) is -4.77. The largest absolute Gasteiger partial charge is 0.573 e. The lowest BCUT2D eigenvalue weighted by Gasteiger charge is -2.36. The van der Waals surface area contributed by atoms with E-state index in [-0.39, 0.29) is 23.9 Å². The molecule has 0 spiro atoms. The minimum atomic E-state index is -4.77. The van der Waals surface area contributed by atoms with Gasteiger partial charge in [-0.25, -0.2) is 0 Å². The molecular formula is C19H18ClF3N4O4. The van der Waals surface area contributed by atoms with E-state index in [4.69, 9.17) is 11.6 Å². The molecule has 0 bridgehead atoms. The van der Waals surface area contributed by atoms with Gasteiger partial charge in [0.2, 0.25) is 5.91 Å². The van der Waals surface area contributed by atoms with E-state index in [1.54, 1.807) is 6.07 Å². The van der Waals surface area contributed by atoms with E-state index in [1.807, 2.05) is 9.80 Å². The average molecular weight is 459 g/mol. The zero-order valence-electron chi connectivity index (χ0n) is 16.1. The Labute approximate surface area is 180 Å². The summed E-state index contributed by atoms with van der Waals surface area (Å²) in [5.41, 5.74) is 0.968. The molecule has 1 aliphatic rings. The second kappa shape index (κ2) is 9.40. The molecule has 0 aromatic heterocycles. The highest BCUT2D eigenvalue weighted by Crippen LogP contribution is 2.30. The topological polar surface area (TPSA) is 88.0 Å². The lowest BCUT2D eigenvalue weighted by Crippen LogP contribution is -2.48. The number of nitro groups is 1. The molecule has 1 aliphatic heterocycles. The number of nitrogens with zero attached hydrogens (tertiary/aromatic N) is 3. The molecule has 0 atom stereocenters. The molecule has 0 radical (unpaired) electrons.